The Balaban J connectivity index is 2.73. The normalized spacial score (nSPS) is 11.0. The van der Waals surface area contributed by atoms with Gasteiger partial charge in [0, 0.05) is 23.9 Å². The van der Waals surface area contributed by atoms with Crippen molar-refractivity contribution >= 4 is 6.08 Å². The summed E-state index contributed by atoms with van der Waals surface area (Å²) in [4.78, 5) is 12.5. The molecule has 2 aromatic rings. The minimum Gasteiger partial charge on any atom is -0.504 e. The third-order valence-electron chi connectivity index (χ3n) is 4.52. The SMILES string of the molecule is CCCn1cc(-c2cc(OC)c(/C=C/OC)c(OC)c2)c(C)c(C)c1=O. The molecule has 1 heterocycles. The standard InChI is InChI=1S/C21H27NO4/c1-7-9-22-13-18(14(2)15(3)21(22)23)16-11-19(25-5)17(8-10-24-4)20(12-16)26-6/h8,10-13H,7,9H2,1-6H3/b10-8+. The van der Waals surface area contributed by atoms with Crippen molar-refractivity contribution in [1.29, 1.82) is 0 Å². The van der Waals surface area contributed by atoms with Crippen molar-refractivity contribution in [3.8, 4) is 22.6 Å². The lowest BCUT2D eigenvalue weighted by molar-refractivity contribution is 0.340. The second-order valence-electron chi connectivity index (χ2n) is 6.12. The van der Waals surface area contributed by atoms with Crippen LogP contribution in [0.4, 0.5) is 0 Å². The number of rotatable bonds is 7. The molecule has 140 valence electrons. The van der Waals surface area contributed by atoms with E-state index in [-0.39, 0.29) is 5.56 Å². The van der Waals surface area contributed by atoms with Gasteiger partial charge in [-0.3, -0.25) is 4.79 Å². The van der Waals surface area contributed by atoms with Crippen LogP contribution in [0.2, 0.25) is 0 Å². The van der Waals surface area contributed by atoms with Crippen LogP contribution in [-0.2, 0) is 11.3 Å². The molecule has 5 heteroatoms. The Morgan fingerprint density at radius 2 is 1.65 bits per heavy atom. The fourth-order valence-corrected chi connectivity index (χ4v) is 2.98. The molecule has 2 rings (SSSR count). The molecule has 26 heavy (non-hydrogen) atoms. The molecule has 0 saturated heterocycles. The highest BCUT2D eigenvalue weighted by molar-refractivity contribution is 5.76. The van der Waals surface area contributed by atoms with Gasteiger partial charge >= 0.3 is 0 Å². The van der Waals surface area contributed by atoms with E-state index < -0.39 is 0 Å². The summed E-state index contributed by atoms with van der Waals surface area (Å²) in [7, 11) is 4.84. The van der Waals surface area contributed by atoms with Crippen LogP contribution in [0, 0.1) is 13.8 Å². The zero-order valence-electron chi connectivity index (χ0n) is 16.4. The summed E-state index contributed by atoms with van der Waals surface area (Å²) in [5.74, 6) is 1.36. The van der Waals surface area contributed by atoms with Gasteiger partial charge < -0.3 is 18.8 Å². The minimum absolute atomic E-state index is 0.0617. The summed E-state index contributed by atoms with van der Waals surface area (Å²) in [5, 5.41) is 0. The van der Waals surface area contributed by atoms with Gasteiger partial charge in [-0.15, -0.1) is 0 Å². The van der Waals surface area contributed by atoms with Crippen LogP contribution >= 0.6 is 0 Å². The summed E-state index contributed by atoms with van der Waals surface area (Å²) in [6.45, 7) is 6.59. The van der Waals surface area contributed by atoms with E-state index in [4.69, 9.17) is 14.2 Å². The van der Waals surface area contributed by atoms with E-state index in [1.54, 1.807) is 38.2 Å². The first-order valence-electron chi connectivity index (χ1n) is 8.64. The predicted molar refractivity (Wildman–Crippen MR) is 105 cm³/mol. The molecule has 0 bridgehead atoms. The van der Waals surface area contributed by atoms with Gasteiger partial charge in [-0.2, -0.15) is 0 Å². The third kappa shape index (κ3) is 3.77. The molecule has 0 atom stereocenters. The van der Waals surface area contributed by atoms with Gasteiger partial charge in [0.25, 0.3) is 5.56 Å². The zero-order valence-corrected chi connectivity index (χ0v) is 16.4. The Morgan fingerprint density at radius 3 is 2.15 bits per heavy atom. The summed E-state index contributed by atoms with van der Waals surface area (Å²) < 4.78 is 17.9. The van der Waals surface area contributed by atoms with Crippen molar-refractivity contribution in [2.24, 2.45) is 0 Å². The van der Waals surface area contributed by atoms with E-state index in [9.17, 15) is 4.79 Å². The van der Waals surface area contributed by atoms with Crippen molar-refractivity contribution in [1.82, 2.24) is 4.57 Å². The van der Waals surface area contributed by atoms with Gasteiger partial charge in [0.2, 0.25) is 0 Å². The first-order chi connectivity index (χ1) is 12.5. The Hall–Kier alpha value is -2.69. The number of hydrogen-bond acceptors (Lipinski definition) is 4. The highest BCUT2D eigenvalue weighted by Gasteiger charge is 2.16. The molecule has 5 nitrogen and oxygen atoms in total. The predicted octanol–water partition coefficient (Wildman–Crippen LogP) is 4.18. The molecule has 0 amide bonds. The largest absolute Gasteiger partial charge is 0.504 e. The van der Waals surface area contributed by atoms with E-state index in [0.717, 1.165) is 34.2 Å². The fraction of sp³-hybridized carbons (Fsp3) is 0.381. The van der Waals surface area contributed by atoms with Crippen LogP contribution in [0.3, 0.4) is 0 Å². The van der Waals surface area contributed by atoms with Gasteiger partial charge in [0.05, 0.1) is 33.2 Å². The van der Waals surface area contributed by atoms with Crippen LogP contribution in [0.15, 0.2) is 29.4 Å². The van der Waals surface area contributed by atoms with Crippen LogP contribution in [0.25, 0.3) is 17.2 Å². The summed E-state index contributed by atoms with van der Waals surface area (Å²) in [6.07, 6.45) is 6.21. The number of hydrogen-bond donors (Lipinski definition) is 0. The average Bonchev–Trinajstić information content (AvgIpc) is 2.66. The molecule has 1 aromatic carbocycles. The Morgan fingerprint density at radius 1 is 1.04 bits per heavy atom. The molecule has 0 unspecified atom stereocenters. The Kier molecular flexibility index (Phi) is 6.50. The van der Waals surface area contributed by atoms with Gasteiger partial charge in [-0.05, 0) is 49.6 Å². The maximum atomic E-state index is 12.5. The number of aromatic nitrogens is 1. The van der Waals surface area contributed by atoms with E-state index in [2.05, 4.69) is 6.92 Å². The molecular weight excluding hydrogens is 330 g/mol. The number of benzene rings is 1. The second kappa shape index (κ2) is 8.61. The molecule has 0 aliphatic heterocycles. The van der Waals surface area contributed by atoms with Crippen LogP contribution in [-0.4, -0.2) is 25.9 Å². The molecule has 0 spiro atoms. The van der Waals surface area contributed by atoms with Crippen molar-refractivity contribution in [2.75, 3.05) is 21.3 Å². The molecule has 0 radical (unpaired) electrons. The summed E-state index contributed by atoms with van der Waals surface area (Å²) in [5.41, 5.74) is 4.53. The molecule has 0 saturated carbocycles. The zero-order chi connectivity index (χ0) is 19.3. The summed E-state index contributed by atoms with van der Waals surface area (Å²) >= 11 is 0. The van der Waals surface area contributed by atoms with E-state index >= 15 is 0 Å². The third-order valence-corrected chi connectivity index (χ3v) is 4.52. The van der Waals surface area contributed by atoms with Gasteiger partial charge in [0.15, 0.2) is 0 Å². The number of aryl methyl sites for hydroxylation is 1. The molecular formula is C21H27NO4. The lowest BCUT2D eigenvalue weighted by Crippen LogP contribution is -2.23. The first-order valence-corrected chi connectivity index (χ1v) is 8.64. The molecule has 0 N–H and O–H groups in total. The Bertz CT molecular complexity index is 840. The number of pyridine rings is 1. The van der Waals surface area contributed by atoms with Crippen LogP contribution in [0.1, 0.15) is 30.0 Å². The number of ether oxygens (including phenoxy) is 3. The van der Waals surface area contributed by atoms with E-state index in [0.29, 0.717) is 18.0 Å². The lowest BCUT2D eigenvalue weighted by atomic mass is 9.97. The van der Waals surface area contributed by atoms with E-state index in [1.165, 1.54) is 0 Å². The monoisotopic (exact) mass is 357 g/mol. The molecule has 1 aromatic heterocycles. The minimum atomic E-state index is 0.0617. The van der Waals surface area contributed by atoms with Crippen molar-refractivity contribution in [3.63, 3.8) is 0 Å². The van der Waals surface area contributed by atoms with Crippen molar-refractivity contribution in [3.05, 3.63) is 51.6 Å². The van der Waals surface area contributed by atoms with E-state index in [1.807, 2.05) is 32.2 Å². The molecule has 0 aliphatic carbocycles. The maximum absolute atomic E-state index is 12.5. The van der Waals surface area contributed by atoms with Crippen molar-refractivity contribution in [2.45, 2.75) is 33.7 Å². The maximum Gasteiger partial charge on any atom is 0.253 e. The second-order valence-corrected chi connectivity index (χ2v) is 6.12. The Labute approximate surface area is 154 Å². The smallest absolute Gasteiger partial charge is 0.253 e. The van der Waals surface area contributed by atoms with Crippen LogP contribution < -0.4 is 15.0 Å². The molecule has 0 aliphatic rings. The highest BCUT2D eigenvalue weighted by Crippen LogP contribution is 2.37. The summed E-state index contributed by atoms with van der Waals surface area (Å²) in [6, 6.07) is 3.92. The first kappa shape index (κ1) is 19.6. The van der Waals surface area contributed by atoms with Gasteiger partial charge in [-0.1, -0.05) is 6.92 Å². The van der Waals surface area contributed by atoms with Crippen LogP contribution in [0.5, 0.6) is 11.5 Å². The fourth-order valence-electron chi connectivity index (χ4n) is 2.98. The number of nitrogens with zero attached hydrogens (tertiary/aromatic N) is 1. The van der Waals surface area contributed by atoms with Gasteiger partial charge in [0.1, 0.15) is 11.5 Å². The highest BCUT2D eigenvalue weighted by atomic mass is 16.5. The topological polar surface area (TPSA) is 49.7 Å². The van der Waals surface area contributed by atoms with Crippen molar-refractivity contribution < 1.29 is 14.2 Å². The quantitative estimate of drug-likeness (QED) is 0.698. The lowest BCUT2D eigenvalue weighted by Gasteiger charge is -2.17. The molecule has 0 fully saturated rings. The average molecular weight is 357 g/mol. The van der Waals surface area contributed by atoms with Gasteiger partial charge in [-0.25, -0.2) is 0 Å². The number of methoxy groups -OCH3 is 3.